The van der Waals surface area contributed by atoms with E-state index in [0.717, 1.165) is 18.9 Å². The van der Waals surface area contributed by atoms with Gasteiger partial charge < -0.3 is 4.72 Å². The zero-order valence-corrected chi connectivity index (χ0v) is 8.57. The summed E-state index contributed by atoms with van der Waals surface area (Å²) in [5, 5.41) is 0. The van der Waals surface area contributed by atoms with E-state index in [1.54, 1.807) is 6.07 Å². The van der Waals surface area contributed by atoms with Crippen LogP contribution < -0.4 is 4.72 Å². The van der Waals surface area contributed by atoms with Crippen molar-refractivity contribution < 1.29 is 13.2 Å². The predicted molar refractivity (Wildman–Crippen MR) is 53.8 cm³/mol. The van der Waals surface area contributed by atoms with E-state index in [4.69, 9.17) is 0 Å². The molecule has 0 radical (unpaired) electrons. The first-order chi connectivity index (χ1) is 7.00. The Bertz CT molecular complexity index is 374. The highest BCUT2D eigenvalue weighted by molar-refractivity contribution is 7.81. The summed E-state index contributed by atoms with van der Waals surface area (Å²) in [6, 6.07) is 2.57. The number of hydrogen-bond donors (Lipinski definition) is 2. The van der Waals surface area contributed by atoms with Gasteiger partial charge in [0.2, 0.25) is 0 Å². The van der Waals surface area contributed by atoms with Gasteiger partial charge in [-0.1, -0.05) is 12.8 Å². The molecule has 1 heterocycles. The van der Waals surface area contributed by atoms with E-state index in [0.29, 0.717) is 11.4 Å². The quantitative estimate of drug-likeness (QED) is 0.768. The smallest absolute Gasteiger partial charge is 0.332 e. The van der Waals surface area contributed by atoms with Crippen molar-refractivity contribution in [3.05, 3.63) is 23.5 Å². The molecule has 0 aliphatic heterocycles. The fourth-order valence-electron chi connectivity index (χ4n) is 1.35. The highest BCUT2D eigenvalue weighted by atomic mass is 32.1. The van der Waals surface area contributed by atoms with Crippen LogP contribution in [0.2, 0.25) is 0 Å². The van der Waals surface area contributed by atoms with Crippen LogP contribution in [0.25, 0.3) is 0 Å². The Kier molecular flexibility index (Phi) is 2.54. The number of thiol groups is 1. The van der Waals surface area contributed by atoms with Crippen molar-refractivity contribution in [1.82, 2.24) is 4.98 Å². The second kappa shape index (κ2) is 3.59. The van der Waals surface area contributed by atoms with Gasteiger partial charge in [0, 0.05) is 17.3 Å². The van der Waals surface area contributed by atoms with Crippen LogP contribution in [-0.2, 0) is 6.18 Å². The van der Waals surface area contributed by atoms with Crippen molar-refractivity contribution >= 4 is 18.5 Å². The molecule has 0 spiro atoms. The molecule has 0 unspecified atom stereocenters. The maximum Gasteiger partial charge on any atom is 0.433 e. The zero-order chi connectivity index (χ0) is 11.1. The summed E-state index contributed by atoms with van der Waals surface area (Å²) < 4.78 is 39.8. The Balaban J connectivity index is 2.41. The maximum atomic E-state index is 12.5. The van der Waals surface area contributed by atoms with Gasteiger partial charge in [0.05, 0.1) is 0 Å². The van der Waals surface area contributed by atoms with Gasteiger partial charge in [0.1, 0.15) is 5.69 Å². The highest BCUT2D eigenvalue weighted by Gasteiger charge is 2.35. The van der Waals surface area contributed by atoms with Crippen LogP contribution >= 0.6 is 12.8 Å². The van der Waals surface area contributed by atoms with Crippen LogP contribution in [-0.4, -0.2) is 4.98 Å². The van der Waals surface area contributed by atoms with Crippen molar-refractivity contribution in [2.45, 2.75) is 24.9 Å². The van der Waals surface area contributed by atoms with E-state index in [1.807, 2.05) is 0 Å². The number of nitrogens with one attached hydrogen (secondary N) is 1. The van der Waals surface area contributed by atoms with Crippen LogP contribution in [0.4, 0.5) is 18.9 Å². The Hall–Kier alpha value is -0.910. The van der Waals surface area contributed by atoms with Crippen LogP contribution in [0.5, 0.6) is 0 Å². The molecule has 2 nitrogen and oxygen atoms in total. The molecule has 0 saturated heterocycles. The Morgan fingerprint density at radius 1 is 1.33 bits per heavy atom. The average Bonchev–Trinajstić information content (AvgIpc) is 2.99. The van der Waals surface area contributed by atoms with E-state index in [1.165, 1.54) is 0 Å². The second-order valence-electron chi connectivity index (χ2n) is 3.55. The van der Waals surface area contributed by atoms with Crippen LogP contribution in [0.3, 0.4) is 0 Å². The van der Waals surface area contributed by atoms with Gasteiger partial charge in [0.25, 0.3) is 0 Å². The molecular formula is C9H9F3N2S. The number of rotatable bonds is 2. The predicted octanol–water partition coefficient (Wildman–Crippen LogP) is 3.23. The molecule has 1 fully saturated rings. The molecule has 0 bridgehead atoms. The third kappa shape index (κ3) is 2.37. The van der Waals surface area contributed by atoms with E-state index in [2.05, 4.69) is 22.5 Å². The van der Waals surface area contributed by atoms with Crippen molar-refractivity contribution in [3.8, 4) is 0 Å². The van der Waals surface area contributed by atoms with Gasteiger partial charge in [0.15, 0.2) is 0 Å². The number of aromatic nitrogens is 1. The number of nitrogens with zero attached hydrogens (tertiary/aromatic N) is 1. The molecule has 1 aliphatic rings. The first kappa shape index (κ1) is 10.6. The van der Waals surface area contributed by atoms with Gasteiger partial charge in [-0.05, 0) is 25.0 Å². The first-order valence-corrected chi connectivity index (χ1v) is 4.94. The van der Waals surface area contributed by atoms with Crippen LogP contribution in [0.1, 0.15) is 30.1 Å². The Morgan fingerprint density at radius 2 is 2.00 bits per heavy atom. The van der Waals surface area contributed by atoms with E-state index in [-0.39, 0.29) is 5.92 Å². The number of halogens is 3. The molecule has 82 valence electrons. The highest BCUT2D eigenvalue weighted by Crippen LogP contribution is 2.41. The first-order valence-electron chi connectivity index (χ1n) is 4.50. The minimum absolute atomic E-state index is 0.188. The lowest BCUT2D eigenvalue weighted by atomic mass is 10.2. The summed E-state index contributed by atoms with van der Waals surface area (Å²) >= 11 is 3.74. The normalized spacial score (nSPS) is 16.5. The van der Waals surface area contributed by atoms with Gasteiger partial charge >= 0.3 is 6.18 Å². The number of alkyl halides is 3. The van der Waals surface area contributed by atoms with Gasteiger partial charge in [-0.3, -0.25) is 0 Å². The molecule has 0 amide bonds. The minimum Gasteiger partial charge on any atom is -0.332 e. The lowest BCUT2D eigenvalue weighted by Gasteiger charge is -2.10. The molecule has 6 heteroatoms. The molecule has 0 atom stereocenters. The average molecular weight is 234 g/mol. The fourth-order valence-corrected chi connectivity index (χ4v) is 1.48. The SMILES string of the molecule is FC(F)(F)c1cc(NS)cc(C2CC2)n1. The van der Waals surface area contributed by atoms with Gasteiger partial charge in [-0.25, -0.2) is 4.98 Å². The molecule has 15 heavy (non-hydrogen) atoms. The van der Waals surface area contributed by atoms with E-state index >= 15 is 0 Å². The molecule has 1 saturated carbocycles. The topological polar surface area (TPSA) is 24.9 Å². The third-order valence-electron chi connectivity index (χ3n) is 2.26. The molecule has 1 aromatic heterocycles. The van der Waals surface area contributed by atoms with Gasteiger partial charge in [-0.15, -0.1) is 0 Å². The Labute approximate surface area is 90.4 Å². The van der Waals surface area contributed by atoms with Crippen LogP contribution in [0.15, 0.2) is 12.1 Å². The standard InChI is InChI=1S/C9H9F3N2S/c10-9(11,12)8-4-6(14-15)3-7(13-8)5-1-2-5/h3-5,15H,1-2H2,(H,13,14). The summed E-state index contributed by atoms with van der Waals surface area (Å²) in [6.07, 6.45) is -2.56. The largest absolute Gasteiger partial charge is 0.433 e. The monoisotopic (exact) mass is 234 g/mol. The summed E-state index contributed by atoms with van der Waals surface area (Å²) in [5.41, 5.74) is -0.0209. The fraction of sp³-hybridized carbons (Fsp3) is 0.444. The number of pyridine rings is 1. The van der Waals surface area contributed by atoms with Crippen LogP contribution in [0, 0.1) is 0 Å². The van der Waals surface area contributed by atoms with E-state index in [9.17, 15) is 13.2 Å². The minimum atomic E-state index is -4.40. The zero-order valence-electron chi connectivity index (χ0n) is 7.67. The maximum absolute atomic E-state index is 12.5. The van der Waals surface area contributed by atoms with Gasteiger partial charge in [-0.2, -0.15) is 13.2 Å². The van der Waals surface area contributed by atoms with Crippen molar-refractivity contribution in [2.75, 3.05) is 4.72 Å². The summed E-state index contributed by atoms with van der Waals surface area (Å²) in [7, 11) is 0. The molecular weight excluding hydrogens is 225 g/mol. The lowest BCUT2D eigenvalue weighted by molar-refractivity contribution is -0.141. The number of hydrogen-bond acceptors (Lipinski definition) is 3. The van der Waals surface area contributed by atoms with Crippen molar-refractivity contribution in [1.29, 1.82) is 0 Å². The third-order valence-corrected chi connectivity index (χ3v) is 2.52. The Morgan fingerprint density at radius 3 is 2.47 bits per heavy atom. The van der Waals surface area contributed by atoms with E-state index < -0.39 is 11.9 Å². The lowest BCUT2D eigenvalue weighted by Crippen LogP contribution is -2.09. The molecule has 1 N–H and O–H groups in total. The molecule has 1 aromatic rings. The van der Waals surface area contributed by atoms with Crippen molar-refractivity contribution in [2.24, 2.45) is 0 Å². The molecule has 2 rings (SSSR count). The molecule has 1 aliphatic carbocycles. The molecule has 0 aromatic carbocycles. The summed E-state index contributed by atoms with van der Waals surface area (Å²) in [4.78, 5) is 3.62. The number of anilines is 1. The van der Waals surface area contributed by atoms with Crippen molar-refractivity contribution in [3.63, 3.8) is 0 Å². The summed E-state index contributed by atoms with van der Waals surface area (Å²) in [5.74, 6) is 0.188. The second-order valence-corrected chi connectivity index (χ2v) is 3.77. The summed E-state index contributed by atoms with van der Waals surface area (Å²) in [6.45, 7) is 0.